The first-order valence-electron chi connectivity index (χ1n) is 6.89. The second-order valence-corrected chi connectivity index (χ2v) is 6.06. The summed E-state index contributed by atoms with van der Waals surface area (Å²) in [7, 11) is 2.16. The Labute approximate surface area is 129 Å². The third kappa shape index (κ3) is 4.66. The minimum absolute atomic E-state index is 0.467. The summed E-state index contributed by atoms with van der Waals surface area (Å²) in [5, 5.41) is 3.47. The van der Waals surface area contributed by atoms with Crippen molar-refractivity contribution in [3.63, 3.8) is 0 Å². The molecule has 0 aliphatic heterocycles. The maximum absolute atomic E-state index is 3.52. The quantitative estimate of drug-likeness (QED) is 0.844. The molecule has 2 aromatic carbocycles. The van der Waals surface area contributed by atoms with Gasteiger partial charge in [-0.25, -0.2) is 0 Å². The van der Waals surface area contributed by atoms with Crippen LogP contribution in [-0.4, -0.2) is 24.5 Å². The Morgan fingerprint density at radius 1 is 1.10 bits per heavy atom. The van der Waals surface area contributed by atoms with E-state index in [1.807, 2.05) is 6.07 Å². The van der Waals surface area contributed by atoms with Crippen LogP contribution in [-0.2, 0) is 6.54 Å². The molecule has 0 radical (unpaired) electrons. The molecule has 0 aliphatic rings. The molecule has 3 heteroatoms. The molecule has 0 spiro atoms. The Balaban J connectivity index is 1.84. The molecule has 2 rings (SSSR count). The number of para-hydroxylation sites is 1. The fraction of sp³-hybridized carbons (Fsp3) is 0.294. The minimum Gasteiger partial charge on any atom is -0.383 e. The van der Waals surface area contributed by atoms with Gasteiger partial charge in [-0.05, 0) is 43.8 Å². The van der Waals surface area contributed by atoms with Crippen molar-refractivity contribution in [3.8, 4) is 0 Å². The summed E-state index contributed by atoms with van der Waals surface area (Å²) in [5.74, 6) is 0. The zero-order valence-corrected chi connectivity index (χ0v) is 13.6. The van der Waals surface area contributed by atoms with E-state index in [2.05, 4.69) is 88.6 Å². The van der Waals surface area contributed by atoms with Crippen molar-refractivity contribution < 1.29 is 0 Å². The van der Waals surface area contributed by atoms with Gasteiger partial charge in [-0.15, -0.1) is 0 Å². The average molecular weight is 333 g/mol. The van der Waals surface area contributed by atoms with Crippen LogP contribution in [0.15, 0.2) is 59.1 Å². The molecule has 0 saturated heterocycles. The zero-order valence-electron chi connectivity index (χ0n) is 12.0. The lowest BCUT2D eigenvalue weighted by atomic mass is 10.2. The SMILES string of the molecule is CC(CNc1ccccc1)N(C)Cc1cccc(Br)c1. The molecule has 2 nitrogen and oxygen atoms in total. The molecule has 1 N–H and O–H groups in total. The zero-order chi connectivity index (χ0) is 14.4. The van der Waals surface area contributed by atoms with Crippen LogP contribution in [0.25, 0.3) is 0 Å². The molecular weight excluding hydrogens is 312 g/mol. The first-order valence-corrected chi connectivity index (χ1v) is 7.68. The van der Waals surface area contributed by atoms with Gasteiger partial charge in [0.25, 0.3) is 0 Å². The van der Waals surface area contributed by atoms with Gasteiger partial charge in [-0.2, -0.15) is 0 Å². The Bertz CT molecular complexity index is 528. The number of rotatable bonds is 6. The second kappa shape index (κ2) is 7.46. The van der Waals surface area contributed by atoms with Crippen molar-refractivity contribution in [2.45, 2.75) is 19.5 Å². The first-order chi connectivity index (χ1) is 9.65. The van der Waals surface area contributed by atoms with Gasteiger partial charge in [0, 0.05) is 29.3 Å². The number of nitrogens with one attached hydrogen (secondary N) is 1. The van der Waals surface area contributed by atoms with Crippen molar-refractivity contribution in [3.05, 3.63) is 64.6 Å². The summed E-state index contributed by atoms with van der Waals surface area (Å²) in [6.07, 6.45) is 0. The highest BCUT2D eigenvalue weighted by atomic mass is 79.9. The summed E-state index contributed by atoms with van der Waals surface area (Å²) in [5.41, 5.74) is 2.50. The van der Waals surface area contributed by atoms with Gasteiger partial charge in [-0.3, -0.25) is 4.90 Å². The lowest BCUT2D eigenvalue weighted by molar-refractivity contribution is 0.259. The van der Waals surface area contributed by atoms with E-state index in [1.165, 1.54) is 11.3 Å². The molecule has 0 aromatic heterocycles. The molecule has 0 fully saturated rings. The largest absolute Gasteiger partial charge is 0.383 e. The maximum Gasteiger partial charge on any atom is 0.0340 e. The molecule has 1 atom stereocenters. The van der Waals surface area contributed by atoms with Crippen molar-refractivity contribution in [1.82, 2.24) is 4.90 Å². The molecule has 0 saturated carbocycles. The van der Waals surface area contributed by atoms with Gasteiger partial charge < -0.3 is 5.32 Å². The van der Waals surface area contributed by atoms with Crippen LogP contribution in [0.5, 0.6) is 0 Å². The third-order valence-electron chi connectivity index (χ3n) is 3.45. The minimum atomic E-state index is 0.467. The van der Waals surface area contributed by atoms with Crippen LogP contribution >= 0.6 is 15.9 Å². The lowest BCUT2D eigenvalue weighted by Crippen LogP contribution is -2.34. The number of anilines is 1. The molecule has 0 aliphatic carbocycles. The Morgan fingerprint density at radius 2 is 1.85 bits per heavy atom. The maximum atomic E-state index is 3.52. The summed E-state index contributed by atoms with van der Waals surface area (Å²) in [6.45, 7) is 4.14. The predicted molar refractivity (Wildman–Crippen MR) is 90.0 cm³/mol. The predicted octanol–water partition coefficient (Wildman–Crippen LogP) is 4.38. The smallest absolute Gasteiger partial charge is 0.0340 e. The molecule has 1 unspecified atom stereocenters. The van der Waals surface area contributed by atoms with Gasteiger partial charge in [0.15, 0.2) is 0 Å². The van der Waals surface area contributed by atoms with E-state index in [4.69, 9.17) is 0 Å². The molecule has 0 heterocycles. The van der Waals surface area contributed by atoms with Crippen molar-refractivity contribution in [1.29, 1.82) is 0 Å². The number of halogens is 1. The summed E-state index contributed by atoms with van der Waals surface area (Å²) >= 11 is 3.52. The lowest BCUT2D eigenvalue weighted by Gasteiger charge is -2.25. The monoisotopic (exact) mass is 332 g/mol. The molecule has 0 amide bonds. The van der Waals surface area contributed by atoms with Gasteiger partial charge in [0.05, 0.1) is 0 Å². The number of benzene rings is 2. The topological polar surface area (TPSA) is 15.3 Å². The Hall–Kier alpha value is -1.32. The van der Waals surface area contributed by atoms with E-state index in [-0.39, 0.29) is 0 Å². The van der Waals surface area contributed by atoms with Crippen LogP contribution in [0, 0.1) is 0 Å². The molecule has 20 heavy (non-hydrogen) atoms. The van der Waals surface area contributed by atoms with Gasteiger partial charge in [-0.1, -0.05) is 46.3 Å². The summed E-state index contributed by atoms with van der Waals surface area (Å²) in [4.78, 5) is 2.36. The van der Waals surface area contributed by atoms with E-state index >= 15 is 0 Å². The number of hydrogen-bond donors (Lipinski definition) is 1. The van der Waals surface area contributed by atoms with E-state index < -0.39 is 0 Å². The van der Waals surface area contributed by atoms with Crippen LogP contribution in [0.2, 0.25) is 0 Å². The van der Waals surface area contributed by atoms with E-state index in [0.717, 1.165) is 17.6 Å². The summed E-state index contributed by atoms with van der Waals surface area (Å²) in [6, 6.07) is 19.3. The van der Waals surface area contributed by atoms with Gasteiger partial charge in [0.1, 0.15) is 0 Å². The molecule has 0 bridgehead atoms. The number of likely N-dealkylation sites (N-methyl/N-ethyl adjacent to an activating group) is 1. The van der Waals surface area contributed by atoms with Crippen LogP contribution in [0.3, 0.4) is 0 Å². The number of nitrogens with zero attached hydrogens (tertiary/aromatic N) is 1. The van der Waals surface area contributed by atoms with Crippen molar-refractivity contribution >= 4 is 21.6 Å². The van der Waals surface area contributed by atoms with Gasteiger partial charge in [0.2, 0.25) is 0 Å². The molecular formula is C17H21BrN2. The molecule has 106 valence electrons. The van der Waals surface area contributed by atoms with E-state index in [1.54, 1.807) is 0 Å². The van der Waals surface area contributed by atoms with E-state index in [0.29, 0.717) is 6.04 Å². The van der Waals surface area contributed by atoms with Crippen LogP contribution in [0.1, 0.15) is 12.5 Å². The highest BCUT2D eigenvalue weighted by Crippen LogP contribution is 2.14. The fourth-order valence-electron chi connectivity index (χ4n) is 2.06. The Morgan fingerprint density at radius 3 is 2.55 bits per heavy atom. The van der Waals surface area contributed by atoms with Gasteiger partial charge >= 0.3 is 0 Å². The van der Waals surface area contributed by atoms with Crippen LogP contribution < -0.4 is 5.32 Å². The summed E-state index contributed by atoms with van der Waals surface area (Å²) < 4.78 is 1.14. The van der Waals surface area contributed by atoms with Crippen molar-refractivity contribution in [2.24, 2.45) is 0 Å². The molecule has 2 aromatic rings. The first kappa shape index (κ1) is 15.1. The highest BCUT2D eigenvalue weighted by Gasteiger charge is 2.09. The standard InChI is InChI=1S/C17H21BrN2/c1-14(12-19-17-9-4-3-5-10-17)20(2)13-15-7-6-8-16(18)11-15/h3-11,14,19H,12-13H2,1-2H3. The highest BCUT2D eigenvalue weighted by molar-refractivity contribution is 9.10. The van der Waals surface area contributed by atoms with Crippen molar-refractivity contribution in [2.75, 3.05) is 18.9 Å². The average Bonchev–Trinajstić information content (AvgIpc) is 2.46. The van der Waals surface area contributed by atoms with Crippen LogP contribution in [0.4, 0.5) is 5.69 Å². The fourth-order valence-corrected chi connectivity index (χ4v) is 2.50. The number of hydrogen-bond acceptors (Lipinski definition) is 2. The normalized spacial score (nSPS) is 12.4. The Kier molecular flexibility index (Phi) is 5.62. The second-order valence-electron chi connectivity index (χ2n) is 5.14. The third-order valence-corrected chi connectivity index (χ3v) is 3.94. The van der Waals surface area contributed by atoms with E-state index in [9.17, 15) is 0 Å².